The minimum absolute atomic E-state index is 0.442. The van der Waals surface area contributed by atoms with Gasteiger partial charge < -0.3 is 0 Å². The van der Waals surface area contributed by atoms with Crippen molar-refractivity contribution in [1.82, 2.24) is 0 Å². The van der Waals surface area contributed by atoms with Crippen molar-refractivity contribution in [2.75, 3.05) is 0 Å². The Hall–Kier alpha value is -1.82. The molecule has 2 aromatic rings. The van der Waals surface area contributed by atoms with Crippen molar-refractivity contribution in [3.63, 3.8) is 0 Å². The van der Waals surface area contributed by atoms with Gasteiger partial charge in [-0.2, -0.15) is 0 Å². The molecule has 1 aliphatic carbocycles. The normalized spacial score (nSPS) is 16.6. The van der Waals surface area contributed by atoms with E-state index in [9.17, 15) is 0 Å². The molecule has 0 amide bonds. The summed E-state index contributed by atoms with van der Waals surface area (Å²) in [7, 11) is 0. The lowest BCUT2D eigenvalue weighted by molar-refractivity contribution is 0.668. The number of benzene rings is 2. The lowest BCUT2D eigenvalue weighted by atomic mass is 9.80. The van der Waals surface area contributed by atoms with Gasteiger partial charge in [-0.1, -0.05) is 71.8 Å². The van der Waals surface area contributed by atoms with E-state index < -0.39 is 0 Å². The van der Waals surface area contributed by atoms with Crippen LogP contribution < -0.4 is 0 Å². The van der Waals surface area contributed by atoms with E-state index in [-0.39, 0.29) is 0 Å². The number of allylic oxidation sites excluding steroid dienone is 2. The average Bonchev–Trinajstić information content (AvgIpc) is 2.52. The second kappa shape index (κ2) is 6.09. The second-order valence-electron chi connectivity index (χ2n) is 5.78. The minimum atomic E-state index is 0.442. The molecule has 0 bridgehead atoms. The van der Waals surface area contributed by atoms with Crippen LogP contribution in [0.15, 0.2) is 66.2 Å². The molecule has 1 atom stereocenters. The van der Waals surface area contributed by atoms with Crippen molar-refractivity contribution < 1.29 is 0 Å². The van der Waals surface area contributed by atoms with E-state index in [0.29, 0.717) is 5.92 Å². The molecule has 0 heterocycles. The first-order chi connectivity index (χ1) is 9.84. The maximum Gasteiger partial charge on any atom is 0.0298 e. The van der Waals surface area contributed by atoms with Crippen LogP contribution in [0.1, 0.15) is 48.3 Å². The predicted molar refractivity (Wildman–Crippen MR) is 86.0 cm³/mol. The molecular formula is C20H22. The quantitative estimate of drug-likeness (QED) is 0.629. The number of hydrogen-bond acceptors (Lipinski definition) is 0. The highest BCUT2D eigenvalue weighted by molar-refractivity contribution is 5.42. The fourth-order valence-electron chi connectivity index (χ4n) is 3.15. The van der Waals surface area contributed by atoms with Crippen LogP contribution in [-0.2, 0) is 0 Å². The van der Waals surface area contributed by atoms with Crippen molar-refractivity contribution in [2.45, 2.75) is 38.5 Å². The Balaban J connectivity index is 2.03. The first-order valence-electron chi connectivity index (χ1n) is 7.65. The van der Waals surface area contributed by atoms with Gasteiger partial charge in [0.05, 0.1) is 0 Å². The Labute approximate surface area is 122 Å². The molecule has 1 unspecified atom stereocenters. The van der Waals surface area contributed by atoms with Crippen LogP contribution in [0.25, 0.3) is 0 Å². The molecule has 3 rings (SSSR count). The van der Waals surface area contributed by atoms with Crippen LogP contribution in [0, 0.1) is 6.92 Å². The van der Waals surface area contributed by atoms with Crippen molar-refractivity contribution in [3.05, 3.63) is 82.9 Å². The summed E-state index contributed by atoms with van der Waals surface area (Å²) in [5, 5.41) is 0. The molecule has 0 N–H and O–H groups in total. The van der Waals surface area contributed by atoms with E-state index >= 15 is 0 Å². The maximum absolute atomic E-state index is 2.47. The Kier molecular flexibility index (Phi) is 4.01. The molecular weight excluding hydrogens is 240 g/mol. The lowest BCUT2D eigenvalue weighted by Crippen LogP contribution is -2.07. The van der Waals surface area contributed by atoms with Crippen molar-refractivity contribution >= 4 is 0 Å². The molecule has 0 aromatic heterocycles. The van der Waals surface area contributed by atoms with E-state index in [0.717, 1.165) is 0 Å². The fourth-order valence-corrected chi connectivity index (χ4v) is 3.15. The molecule has 20 heavy (non-hydrogen) atoms. The summed E-state index contributed by atoms with van der Waals surface area (Å²) in [6.07, 6.45) is 7.64. The van der Waals surface area contributed by atoms with E-state index in [1.54, 1.807) is 5.57 Å². The van der Waals surface area contributed by atoms with Crippen LogP contribution >= 0.6 is 0 Å². The highest BCUT2D eigenvalue weighted by atomic mass is 14.2. The van der Waals surface area contributed by atoms with E-state index in [2.05, 4.69) is 67.6 Å². The molecule has 0 nitrogen and oxygen atoms in total. The van der Waals surface area contributed by atoms with Gasteiger partial charge >= 0.3 is 0 Å². The lowest BCUT2D eigenvalue weighted by Gasteiger charge is -2.24. The molecule has 1 aliphatic rings. The summed E-state index contributed by atoms with van der Waals surface area (Å²) < 4.78 is 0. The van der Waals surface area contributed by atoms with Crippen LogP contribution in [0.2, 0.25) is 0 Å². The van der Waals surface area contributed by atoms with Crippen LogP contribution in [0.3, 0.4) is 0 Å². The standard InChI is InChI=1S/C20H22/c1-16-12-14-19(15-13-16)20(17-8-4-2-5-9-17)18-10-6-3-7-11-18/h2,4-5,8-10,12-15,20H,3,6-7,11H2,1H3. The predicted octanol–water partition coefficient (Wildman–Crippen LogP) is 5.63. The van der Waals surface area contributed by atoms with Crippen LogP contribution in [0.5, 0.6) is 0 Å². The van der Waals surface area contributed by atoms with E-state index in [4.69, 9.17) is 0 Å². The highest BCUT2D eigenvalue weighted by Gasteiger charge is 2.19. The van der Waals surface area contributed by atoms with Gasteiger partial charge in [0.25, 0.3) is 0 Å². The molecule has 0 fully saturated rings. The monoisotopic (exact) mass is 262 g/mol. The van der Waals surface area contributed by atoms with Crippen molar-refractivity contribution in [3.8, 4) is 0 Å². The van der Waals surface area contributed by atoms with Crippen LogP contribution in [-0.4, -0.2) is 0 Å². The van der Waals surface area contributed by atoms with Gasteiger partial charge in [0.2, 0.25) is 0 Å². The van der Waals surface area contributed by atoms with Gasteiger partial charge in [0.1, 0.15) is 0 Å². The zero-order chi connectivity index (χ0) is 13.8. The third kappa shape index (κ3) is 2.85. The Morgan fingerprint density at radius 2 is 1.50 bits per heavy atom. The third-order valence-corrected chi connectivity index (χ3v) is 4.24. The summed E-state index contributed by atoms with van der Waals surface area (Å²) in [6, 6.07) is 20.0. The molecule has 102 valence electrons. The number of aryl methyl sites for hydroxylation is 1. The molecule has 0 saturated carbocycles. The molecule has 0 aliphatic heterocycles. The van der Waals surface area contributed by atoms with Crippen LogP contribution in [0.4, 0.5) is 0 Å². The minimum Gasteiger partial charge on any atom is -0.0844 e. The molecule has 0 spiro atoms. The van der Waals surface area contributed by atoms with Gasteiger partial charge in [-0.05, 0) is 43.7 Å². The summed E-state index contributed by atoms with van der Waals surface area (Å²) in [5.41, 5.74) is 5.78. The molecule has 0 saturated heterocycles. The van der Waals surface area contributed by atoms with Crippen molar-refractivity contribution in [1.29, 1.82) is 0 Å². The summed E-state index contributed by atoms with van der Waals surface area (Å²) in [4.78, 5) is 0. The van der Waals surface area contributed by atoms with Gasteiger partial charge in [-0.3, -0.25) is 0 Å². The Bertz CT molecular complexity index is 575. The first-order valence-corrected chi connectivity index (χ1v) is 7.65. The summed E-state index contributed by atoms with van der Waals surface area (Å²) in [5.74, 6) is 0.442. The fraction of sp³-hybridized carbons (Fsp3) is 0.300. The summed E-state index contributed by atoms with van der Waals surface area (Å²) >= 11 is 0. The Morgan fingerprint density at radius 1 is 0.800 bits per heavy atom. The summed E-state index contributed by atoms with van der Waals surface area (Å²) in [6.45, 7) is 2.15. The Morgan fingerprint density at radius 3 is 2.15 bits per heavy atom. The molecule has 2 aromatic carbocycles. The van der Waals surface area contributed by atoms with Crippen molar-refractivity contribution in [2.24, 2.45) is 0 Å². The molecule has 0 heteroatoms. The van der Waals surface area contributed by atoms with Gasteiger partial charge in [-0.25, -0.2) is 0 Å². The van der Waals surface area contributed by atoms with Gasteiger partial charge in [0, 0.05) is 5.92 Å². The maximum atomic E-state index is 2.47. The number of rotatable bonds is 3. The zero-order valence-corrected chi connectivity index (χ0v) is 12.2. The van der Waals surface area contributed by atoms with E-state index in [1.807, 2.05) is 0 Å². The topological polar surface area (TPSA) is 0 Å². The van der Waals surface area contributed by atoms with Gasteiger partial charge in [0.15, 0.2) is 0 Å². The first kappa shape index (κ1) is 13.2. The van der Waals surface area contributed by atoms with Gasteiger partial charge in [-0.15, -0.1) is 0 Å². The molecule has 0 radical (unpaired) electrons. The SMILES string of the molecule is Cc1ccc(C(C2=CCCCC2)c2ccccc2)cc1. The van der Waals surface area contributed by atoms with E-state index in [1.165, 1.54) is 42.4 Å². The third-order valence-electron chi connectivity index (χ3n) is 4.24. The number of hydrogen-bond donors (Lipinski definition) is 0. The highest BCUT2D eigenvalue weighted by Crippen LogP contribution is 2.36. The smallest absolute Gasteiger partial charge is 0.0298 e. The largest absolute Gasteiger partial charge is 0.0844 e. The zero-order valence-electron chi connectivity index (χ0n) is 12.2. The average molecular weight is 262 g/mol. The second-order valence-corrected chi connectivity index (χ2v) is 5.78.